The van der Waals surface area contributed by atoms with Crippen molar-refractivity contribution < 1.29 is 28.6 Å². The van der Waals surface area contributed by atoms with Crippen LogP contribution >= 0.6 is 11.6 Å². The summed E-state index contributed by atoms with van der Waals surface area (Å²) in [4.78, 5) is 36.4. The maximum Gasteiger partial charge on any atom is 0.329 e. The first-order valence-electron chi connectivity index (χ1n) is 12.1. The number of unbranched alkanes of at least 4 members (excludes halogenated alkanes) is 1. The van der Waals surface area contributed by atoms with E-state index >= 15 is 0 Å². The van der Waals surface area contributed by atoms with Crippen LogP contribution in [-0.4, -0.2) is 44.3 Å². The van der Waals surface area contributed by atoms with E-state index in [9.17, 15) is 14.4 Å². The highest BCUT2D eigenvalue weighted by atomic mass is 35.5. The number of hydrogen-bond acceptors (Lipinski definition) is 7. The smallest absolute Gasteiger partial charge is 0.329 e. The van der Waals surface area contributed by atoms with Gasteiger partial charge < -0.3 is 24.8 Å². The SMILES string of the molecule is CCCCOc1ccc(NC(=O)C(=O)N/N=C\c2ccc(OCC(=O)Nc3ccc(Cl)cc3)c(OC)c2)cc1. The number of hydrogen-bond donors (Lipinski definition) is 3. The Morgan fingerprint density at radius 2 is 1.56 bits per heavy atom. The number of benzene rings is 3. The molecule has 0 spiro atoms. The van der Waals surface area contributed by atoms with Crippen molar-refractivity contribution in [1.29, 1.82) is 0 Å². The van der Waals surface area contributed by atoms with Gasteiger partial charge in [0, 0.05) is 16.4 Å². The third kappa shape index (κ3) is 9.67. The van der Waals surface area contributed by atoms with E-state index in [-0.39, 0.29) is 12.5 Å². The zero-order chi connectivity index (χ0) is 28.0. The number of methoxy groups -OCH3 is 1. The second-order valence-electron chi connectivity index (χ2n) is 8.13. The molecule has 11 heteroatoms. The molecule has 0 heterocycles. The summed E-state index contributed by atoms with van der Waals surface area (Å²) in [6, 6.07) is 18.3. The average Bonchev–Trinajstić information content (AvgIpc) is 2.94. The number of nitrogens with zero attached hydrogens (tertiary/aromatic N) is 1. The molecule has 3 aromatic rings. The van der Waals surface area contributed by atoms with Crippen LogP contribution in [0.15, 0.2) is 71.8 Å². The fraction of sp³-hybridized carbons (Fsp3) is 0.214. The van der Waals surface area contributed by atoms with Gasteiger partial charge >= 0.3 is 11.8 Å². The quantitative estimate of drug-likeness (QED) is 0.130. The molecule has 0 aliphatic carbocycles. The van der Waals surface area contributed by atoms with Gasteiger partial charge in [0.05, 0.1) is 19.9 Å². The Bertz CT molecular complexity index is 1300. The molecule has 0 fully saturated rings. The largest absolute Gasteiger partial charge is 0.494 e. The minimum Gasteiger partial charge on any atom is -0.494 e. The molecule has 0 aliphatic rings. The predicted octanol–water partition coefficient (Wildman–Crippen LogP) is 4.63. The molecular formula is C28H29ClN4O6. The number of carbonyl (C=O) groups excluding carboxylic acids is 3. The third-order valence-corrected chi connectivity index (χ3v) is 5.39. The summed E-state index contributed by atoms with van der Waals surface area (Å²) in [6.45, 7) is 2.45. The zero-order valence-corrected chi connectivity index (χ0v) is 22.3. The molecule has 3 amide bonds. The number of amides is 3. The van der Waals surface area contributed by atoms with Gasteiger partial charge in [0.2, 0.25) is 0 Å². The van der Waals surface area contributed by atoms with E-state index in [1.807, 2.05) is 0 Å². The monoisotopic (exact) mass is 552 g/mol. The Morgan fingerprint density at radius 3 is 2.26 bits per heavy atom. The standard InChI is InChI=1S/C28H29ClN4O6/c1-3-4-15-38-23-12-10-22(11-13-23)32-27(35)28(36)33-30-17-19-5-14-24(25(16-19)37-2)39-18-26(34)31-21-8-6-20(29)7-9-21/h5-14,16-17H,3-4,15,18H2,1-2H3,(H,31,34)(H,32,35)(H,33,36)/b30-17-. The predicted molar refractivity (Wildman–Crippen MR) is 150 cm³/mol. The van der Waals surface area contributed by atoms with E-state index in [2.05, 4.69) is 28.1 Å². The second-order valence-corrected chi connectivity index (χ2v) is 8.57. The van der Waals surface area contributed by atoms with Crippen molar-refractivity contribution in [2.24, 2.45) is 5.10 Å². The lowest BCUT2D eigenvalue weighted by Crippen LogP contribution is -2.32. The number of anilines is 2. The Kier molecular flexibility index (Phi) is 11.1. The van der Waals surface area contributed by atoms with Crippen molar-refractivity contribution in [2.45, 2.75) is 19.8 Å². The van der Waals surface area contributed by atoms with E-state index in [0.717, 1.165) is 12.8 Å². The number of hydrazone groups is 1. The van der Waals surface area contributed by atoms with Gasteiger partial charge in [0.25, 0.3) is 5.91 Å². The Balaban J connectivity index is 1.47. The normalized spacial score (nSPS) is 10.5. The number of ether oxygens (including phenoxy) is 3. The summed E-state index contributed by atoms with van der Waals surface area (Å²) in [7, 11) is 1.45. The maximum atomic E-state index is 12.2. The van der Waals surface area contributed by atoms with E-state index < -0.39 is 11.8 Å². The summed E-state index contributed by atoms with van der Waals surface area (Å²) in [5, 5.41) is 9.58. The van der Waals surface area contributed by atoms with Crippen LogP contribution in [0, 0.1) is 0 Å². The molecule has 3 rings (SSSR count). The summed E-state index contributed by atoms with van der Waals surface area (Å²) < 4.78 is 16.5. The fourth-order valence-electron chi connectivity index (χ4n) is 3.13. The lowest BCUT2D eigenvalue weighted by molar-refractivity contribution is -0.136. The number of rotatable bonds is 12. The van der Waals surface area contributed by atoms with Crippen LogP contribution in [0.2, 0.25) is 5.02 Å². The molecule has 39 heavy (non-hydrogen) atoms. The molecule has 10 nitrogen and oxygen atoms in total. The van der Waals surface area contributed by atoms with Crippen molar-refractivity contribution >= 4 is 46.9 Å². The summed E-state index contributed by atoms with van der Waals surface area (Å²) in [6.07, 6.45) is 3.33. The fourth-order valence-corrected chi connectivity index (χ4v) is 3.26. The summed E-state index contributed by atoms with van der Waals surface area (Å²) >= 11 is 5.84. The van der Waals surface area contributed by atoms with Crippen molar-refractivity contribution in [2.75, 3.05) is 31.0 Å². The third-order valence-electron chi connectivity index (χ3n) is 5.14. The molecule has 0 unspecified atom stereocenters. The molecule has 3 N–H and O–H groups in total. The number of nitrogens with one attached hydrogen (secondary N) is 3. The van der Waals surface area contributed by atoms with E-state index in [1.165, 1.54) is 13.3 Å². The first kappa shape index (κ1) is 29.0. The molecule has 0 radical (unpaired) electrons. The van der Waals surface area contributed by atoms with Gasteiger partial charge in [-0.1, -0.05) is 24.9 Å². The minimum atomic E-state index is -0.937. The van der Waals surface area contributed by atoms with E-state index in [0.29, 0.717) is 45.8 Å². The minimum absolute atomic E-state index is 0.244. The van der Waals surface area contributed by atoms with Crippen LogP contribution in [0.3, 0.4) is 0 Å². The van der Waals surface area contributed by atoms with Gasteiger partial charge in [-0.2, -0.15) is 5.10 Å². The van der Waals surface area contributed by atoms with Gasteiger partial charge in [-0.05, 0) is 78.7 Å². The van der Waals surface area contributed by atoms with Gasteiger partial charge in [-0.3, -0.25) is 14.4 Å². The van der Waals surface area contributed by atoms with Gasteiger partial charge in [-0.25, -0.2) is 5.43 Å². The van der Waals surface area contributed by atoms with E-state index in [1.54, 1.807) is 66.7 Å². The topological polar surface area (TPSA) is 127 Å². The van der Waals surface area contributed by atoms with E-state index in [4.69, 9.17) is 25.8 Å². The Labute approximate surface area is 231 Å². The second kappa shape index (κ2) is 15.0. The molecule has 0 saturated carbocycles. The van der Waals surface area contributed by atoms with Gasteiger partial charge in [0.1, 0.15) is 5.75 Å². The molecule has 0 saturated heterocycles. The molecule has 0 atom stereocenters. The highest BCUT2D eigenvalue weighted by Gasteiger charge is 2.13. The molecule has 0 aromatic heterocycles. The van der Waals surface area contributed by atoms with Crippen molar-refractivity contribution in [3.63, 3.8) is 0 Å². The average molecular weight is 553 g/mol. The van der Waals surface area contributed by atoms with Crippen LogP contribution in [0.1, 0.15) is 25.3 Å². The molecule has 0 bridgehead atoms. The number of carbonyl (C=O) groups is 3. The van der Waals surface area contributed by atoms with Crippen LogP contribution in [0.5, 0.6) is 17.2 Å². The maximum absolute atomic E-state index is 12.2. The van der Waals surface area contributed by atoms with Crippen LogP contribution in [0.25, 0.3) is 0 Å². The Hall–Kier alpha value is -4.57. The highest BCUT2D eigenvalue weighted by Crippen LogP contribution is 2.27. The van der Waals surface area contributed by atoms with Crippen LogP contribution in [-0.2, 0) is 14.4 Å². The highest BCUT2D eigenvalue weighted by molar-refractivity contribution is 6.39. The van der Waals surface area contributed by atoms with Gasteiger partial charge in [-0.15, -0.1) is 0 Å². The first-order valence-corrected chi connectivity index (χ1v) is 12.5. The van der Waals surface area contributed by atoms with Crippen molar-refractivity contribution in [1.82, 2.24) is 5.43 Å². The lowest BCUT2D eigenvalue weighted by atomic mass is 10.2. The van der Waals surface area contributed by atoms with Crippen molar-refractivity contribution in [3.8, 4) is 17.2 Å². The first-order chi connectivity index (χ1) is 18.9. The van der Waals surface area contributed by atoms with Gasteiger partial charge in [0.15, 0.2) is 18.1 Å². The molecule has 204 valence electrons. The summed E-state index contributed by atoms with van der Waals surface area (Å²) in [5.41, 5.74) is 3.77. The Morgan fingerprint density at radius 1 is 0.872 bits per heavy atom. The van der Waals surface area contributed by atoms with Crippen molar-refractivity contribution in [3.05, 3.63) is 77.3 Å². The number of halogens is 1. The molecule has 3 aromatic carbocycles. The molecular weight excluding hydrogens is 524 g/mol. The lowest BCUT2D eigenvalue weighted by Gasteiger charge is -2.11. The summed E-state index contributed by atoms with van der Waals surface area (Å²) in [5.74, 6) is -0.792. The van der Waals surface area contributed by atoms with Crippen LogP contribution < -0.4 is 30.3 Å². The zero-order valence-electron chi connectivity index (χ0n) is 21.5. The molecule has 0 aliphatic heterocycles. The van der Waals surface area contributed by atoms with Crippen LogP contribution in [0.4, 0.5) is 11.4 Å².